The second-order valence-electron chi connectivity index (χ2n) is 7.39. The van der Waals surface area contributed by atoms with E-state index in [-0.39, 0.29) is 11.3 Å². The quantitative estimate of drug-likeness (QED) is 0.361. The van der Waals surface area contributed by atoms with Crippen LogP contribution in [0.2, 0.25) is 0 Å². The number of carbonyl (C=O) groups excluding carboxylic acids is 1. The van der Waals surface area contributed by atoms with Gasteiger partial charge in [0.1, 0.15) is 0 Å². The fourth-order valence-corrected chi connectivity index (χ4v) is 3.14. The first kappa shape index (κ1) is 22.2. The van der Waals surface area contributed by atoms with Gasteiger partial charge in [-0.1, -0.05) is 59.0 Å². The van der Waals surface area contributed by atoms with E-state index in [1.54, 1.807) is 6.08 Å². The predicted octanol–water partition coefficient (Wildman–Crippen LogP) is 4.73. The van der Waals surface area contributed by atoms with Crippen molar-refractivity contribution in [3.8, 4) is 0 Å². The van der Waals surface area contributed by atoms with Crippen molar-refractivity contribution in [1.29, 1.82) is 0 Å². The summed E-state index contributed by atoms with van der Waals surface area (Å²) in [7, 11) is 4.03. The Morgan fingerprint density at radius 1 is 1.00 bits per heavy atom. The number of rotatable bonds is 13. The van der Waals surface area contributed by atoms with Crippen molar-refractivity contribution in [3.05, 3.63) is 12.2 Å². The summed E-state index contributed by atoms with van der Waals surface area (Å²) in [5, 5.41) is 0. The second-order valence-corrected chi connectivity index (χ2v) is 7.39. The molecular weight excluding hydrogens is 284 g/mol. The normalized spacial score (nSPS) is 14.4. The summed E-state index contributed by atoms with van der Waals surface area (Å²) in [6, 6.07) is 0. The summed E-state index contributed by atoms with van der Waals surface area (Å²) in [6.07, 6.45) is 12.5. The number of amides is 1. The SMILES string of the molecule is CCCCCCC(C)(CCC)CN(CC)C(=O)/C=C/CN(C)C. The molecule has 0 N–H and O–H groups in total. The lowest BCUT2D eigenvalue weighted by Crippen LogP contribution is -2.39. The third kappa shape index (κ3) is 10.5. The average Bonchev–Trinajstić information content (AvgIpc) is 2.49. The zero-order valence-corrected chi connectivity index (χ0v) is 16.5. The highest BCUT2D eigenvalue weighted by Crippen LogP contribution is 2.31. The van der Waals surface area contributed by atoms with Gasteiger partial charge in [0.2, 0.25) is 5.91 Å². The summed E-state index contributed by atoms with van der Waals surface area (Å²) in [5.74, 6) is 0.158. The molecule has 0 fully saturated rings. The van der Waals surface area contributed by atoms with E-state index in [1.807, 2.05) is 25.1 Å². The summed E-state index contributed by atoms with van der Waals surface area (Å²) < 4.78 is 0. The van der Waals surface area contributed by atoms with E-state index in [0.29, 0.717) is 0 Å². The first-order chi connectivity index (χ1) is 10.9. The highest BCUT2D eigenvalue weighted by molar-refractivity contribution is 5.87. The van der Waals surface area contributed by atoms with E-state index in [4.69, 9.17) is 0 Å². The van der Waals surface area contributed by atoms with Crippen LogP contribution in [0.5, 0.6) is 0 Å². The molecule has 1 unspecified atom stereocenters. The number of nitrogens with zero attached hydrogens (tertiary/aromatic N) is 2. The molecule has 0 aromatic carbocycles. The highest BCUT2D eigenvalue weighted by atomic mass is 16.2. The molecule has 23 heavy (non-hydrogen) atoms. The van der Waals surface area contributed by atoms with Gasteiger partial charge in [0.25, 0.3) is 0 Å². The number of likely N-dealkylation sites (N-methyl/N-ethyl adjacent to an activating group) is 2. The van der Waals surface area contributed by atoms with Gasteiger partial charge in [0.05, 0.1) is 0 Å². The highest BCUT2D eigenvalue weighted by Gasteiger charge is 2.26. The molecule has 1 amide bonds. The Hall–Kier alpha value is -0.830. The van der Waals surface area contributed by atoms with Gasteiger partial charge in [-0.25, -0.2) is 0 Å². The van der Waals surface area contributed by atoms with E-state index in [2.05, 4.69) is 32.6 Å². The van der Waals surface area contributed by atoms with Crippen LogP contribution in [0.3, 0.4) is 0 Å². The maximum absolute atomic E-state index is 12.4. The fraction of sp³-hybridized carbons (Fsp3) is 0.850. The van der Waals surface area contributed by atoms with Crippen molar-refractivity contribution < 1.29 is 4.79 Å². The zero-order valence-electron chi connectivity index (χ0n) is 16.5. The van der Waals surface area contributed by atoms with Crippen LogP contribution in [0.1, 0.15) is 72.6 Å². The standard InChI is InChI=1S/C20H40N2O/c1-7-10-11-12-16-20(4,15-8-2)18-22(9-3)19(23)14-13-17-21(5)6/h13-14H,7-12,15-18H2,1-6H3/b14-13+. The molecule has 0 aromatic heterocycles. The van der Waals surface area contributed by atoms with Crippen molar-refractivity contribution in [1.82, 2.24) is 9.80 Å². The van der Waals surface area contributed by atoms with Gasteiger partial charge in [-0.15, -0.1) is 0 Å². The summed E-state index contributed by atoms with van der Waals surface area (Å²) in [4.78, 5) is 16.5. The van der Waals surface area contributed by atoms with Crippen molar-refractivity contribution in [2.75, 3.05) is 33.7 Å². The van der Waals surface area contributed by atoms with E-state index in [9.17, 15) is 4.79 Å². The third-order valence-corrected chi connectivity index (χ3v) is 4.48. The molecule has 0 bridgehead atoms. The molecular formula is C20H40N2O. The monoisotopic (exact) mass is 324 g/mol. The van der Waals surface area contributed by atoms with E-state index >= 15 is 0 Å². The minimum absolute atomic E-state index is 0.158. The van der Waals surface area contributed by atoms with Crippen molar-refractivity contribution in [3.63, 3.8) is 0 Å². The molecule has 0 aliphatic heterocycles. The largest absolute Gasteiger partial charge is 0.339 e. The molecule has 0 spiro atoms. The molecule has 0 aromatic rings. The Labute approximate surface area is 145 Å². The lowest BCUT2D eigenvalue weighted by Gasteiger charge is -2.35. The molecule has 136 valence electrons. The fourth-order valence-electron chi connectivity index (χ4n) is 3.14. The molecule has 0 saturated carbocycles. The van der Waals surface area contributed by atoms with Crippen molar-refractivity contribution in [2.45, 2.75) is 72.6 Å². The molecule has 0 aliphatic carbocycles. The minimum Gasteiger partial charge on any atom is -0.339 e. The lowest BCUT2D eigenvalue weighted by molar-refractivity contribution is -0.127. The summed E-state index contributed by atoms with van der Waals surface area (Å²) >= 11 is 0. The smallest absolute Gasteiger partial charge is 0.246 e. The maximum Gasteiger partial charge on any atom is 0.246 e. The molecule has 0 heterocycles. The number of carbonyl (C=O) groups is 1. The molecule has 1 atom stereocenters. The van der Waals surface area contributed by atoms with Gasteiger partial charge >= 0.3 is 0 Å². The maximum atomic E-state index is 12.4. The van der Waals surface area contributed by atoms with Crippen LogP contribution in [-0.4, -0.2) is 49.4 Å². The van der Waals surface area contributed by atoms with Gasteiger partial charge < -0.3 is 9.80 Å². The molecule has 0 rings (SSSR count). The first-order valence-corrected chi connectivity index (χ1v) is 9.48. The Bertz CT molecular complexity index is 339. The summed E-state index contributed by atoms with van der Waals surface area (Å²) in [6.45, 7) is 11.4. The van der Waals surface area contributed by atoms with Crippen molar-refractivity contribution in [2.24, 2.45) is 5.41 Å². The molecule has 0 aliphatic rings. The number of hydrogen-bond donors (Lipinski definition) is 0. The molecule has 0 radical (unpaired) electrons. The van der Waals surface area contributed by atoms with E-state index in [0.717, 1.165) is 19.6 Å². The van der Waals surface area contributed by atoms with Gasteiger partial charge in [-0.3, -0.25) is 4.79 Å². The Morgan fingerprint density at radius 2 is 1.70 bits per heavy atom. The van der Waals surface area contributed by atoms with E-state index < -0.39 is 0 Å². The van der Waals surface area contributed by atoms with Crippen LogP contribution in [-0.2, 0) is 4.79 Å². The van der Waals surface area contributed by atoms with Gasteiger partial charge in [0.15, 0.2) is 0 Å². The predicted molar refractivity (Wildman–Crippen MR) is 102 cm³/mol. The lowest BCUT2D eigenvalue weighted by atomic mass is 9.80. The Balaban J connectivity index is 4.65. The Kier molecular flexibility index (Phi) is 12.1. The molecule has 3 nitrogen and oxygen atoms in total. The molecule has 0 saturated heterocycles. The zero-order chi connectivity index (χ0) is 17.7. The molecule has 3 heteroatoms. The number of unbranched alkanes of at least 4 members (excludes halogenated alkanes) is 3. The summed E-state index contributed by atoms with van der Waals surface area (Å²) in [5.41, 5.74) is 0.254. The van der Waals surface area contributed by atoms with Crippen LogP contribution in [0.4, 0.5) is 0 Å². The Morgan fingerprint density at radius 3 is 2.22 bits per heavy atom. The minimum atomic E-state index is 0.158. The van der Waals surface area contributed by atoms with Crippen LogP contribution in [0, 0.1) is 5.41 Å². The average molecular weight is 325 g/mol. The van der Waals surface area contributed by atoms with Crippen LogP contribution in [0.25, 0.3) is 0 Å². The van der Waals surface area contributed by atoms with Gasteiger partial charge in [-0.05, 0) is 39.3 Å². The van der Waals surface area contributed by atoms with Crippen LogP contribution >= 0.6 is 0 Å². The number of hydrogen-bond acceptors (Lipinski definition) is 2. The van der Waals surface area contributed by atoms with Gasteiger partial charge in [-0.2, -0.15) is 0 Å². The van der Waals surface area contributed by atoms with Gasteiger partial charge in [0, 0.05) is 25.7 Å². The topological polar surface area (TPSA) is 23.6 Å². The van der Waals surface area contributed by atoms with E-state index in [1.165, 1.54) is 44.9 Å². The third-order valence-electron chi connectivity index (χ3n) is 4.48. The van der Waals surface area contributed by atoms with Crippen LogP contribution in [0.15, 0.2) is 12.2 Å². The van der Waals surface area contributed by atoms with Crippen molar-refractivity contribution >= 4 is 5.91 Å². The second kappa shape index (κ2) is 12.6. The van der Waals surface area contributed by atoms with Crippen LogP contribution < -0.4 is 0 Å². The first-order valence-electron chi connectivity index (χ1n) is 9.48.